The molecular formula is C30H35N5O7. The van der Waals surface area contributed by atoms with E-state index in [1.54, 1.807) is 45.6 Å². The zero-order valence-corrected chi connectivity index (χ0v) is 23.9. The zero-order valence-electron chi connectivity index (χ0n) is 23.9. The van der Waals surface area contributed by atoms with Gasteiger partial charge in [-0.15, -0.1) is 5.10 Å². The fourth-order valence-electron chi connectivity index (χ4n) is 4.15. The predicted molar refractivity (Wildman–Crippen MR) is 157 cm³/mol. The van der Waals surface area contributed by atoms with Gasteiger partial charge in [-0.05, 0) is 41.8 Å². The highest BCUT2D eigenvalue weighted by atomic mass is 16.5. The average molecular weight is 578 g/mol. The monoisotopic (exact) mass is 577 g/mol. The first-order chi connectivity index (χ1) is 20.2. The molecule has 0 bridgehead atoms. The third-order valence-electron chi connectivity index (χ3n) is 6.12. The van der Waals surface area contributed by atoms with Crippen molar-refractivity contribution >= 4 is 11.8 Å². The first-order valence-electron chi connectivity index (χ1n) is 12.9. The quantitative estimate of drug-likeness (QED) is 0.112. The van der Waals surface area contributed by atoms with E-state index in [2.05, 4.69) is 10.1 Å². The van der Waals surface area contributed by atoms with Crippen LogP contribution < -0.4 is 25.6 Å². The standard InChI is InChI=1S/C28H31N5O5.C2H4O2/c1-35-14-15-38-24-13-12-20(17-25(24)37-3)21(16-18-8-10-19(11-9-18)26(29)30)27-31-28(34)33(32-27)22-6-4-5-7-23(22)36-2;1-2(3)4/h4-13,17,21H,14-16H2,1-3H3,(H3,29,30)(H,31,32,34);1H3,(H,3,4). The number of nitrogen functional groups attached to an aromatic ring is 1. The molecular weight excluding hydrogens is 542 g/mol. The Morgan fingerprint density at radius 2 is 1.67 bits per heavy atom. The van der Waals surface area contributed by atoms with Crippen molar-refractivity contribution in [1.82, 2.24) is 14.8 Å². The molecule has 0 amide bonds. The second kappa shape index (κ2) is 15.1. The molecule has 0 saturated heterocycles. The van der Waals surface area contributed by atoms with Gasteiger partial charge in [0.1, 0.15) is 29.7 Å². The van der Waals surface area contributed by atoms with Crippen molar-refractivity contribution in [2.75, 3.05) is 34.5 Å². The summed E-state index contributed by atoms with van der Waals surface area (Å²) in [6.45, 7) is 1.92. The first-order valence-corrected chi connectivity index (χ1v) is 12.9. The number of carbonyl (C=O) groups is 1. The molecule has 1 aromatic heterocycles. The average Bonchev–Trinajstić information content (AvgIpc) is 3.36. The van der Waals surface area contributed by atoms with E-state index in [0.717, 1.165) is 18.1 Å². The van der Waals surface area contributed by atoms with Crippen LogP contribution in [0, 0.1) is 5.41 Å². The number of hydrogen-bond donors (Lipinski definition) is 4. The highest BCUT2D eigenvalue weighted by molar-refractivity contribution is 5.94. The smallest absolute Gasteiger partial charge is 0.348 e. The molecule has 1 atom stereocenters. The van der Waals surface area contributed by atoms with Crippen LogP contribution in [0.4, 0.5) is 0 Å². The van der Waals surface area contributed by atoms with E-state index < -0.39 is 5.97 Å². The van der Waals surface area contributed by atoms with Crippen LogP contribution in [0.3, 0.4) is 0 Å². The van der Waals surface area contributed by atoms with Gasteiger partial charge in [-0.3, -0.25) is 15.2 Å². The number of para-hydroxylation sites is 2. The predicted octanol–water partition coefficient (Wildman–Crippen LogP) is 3.35. The lowest BCUT2D eigenvalue weighted by molar-refractivity contribution is -0.134. The minimum Gasteiger partial charge on any atom is -0.494 e. The maximum Gasteiger partial charge on any atom is 0.348 e. The normalized spacial score (nSPS) is 11.1. The molecule has 4 aromatic rings. The summed E-state index contributed by atoms with van der Waals surface area (Å²) in [6.07, 6.45) is 0.518. The number of aromatic amines is 1. The number of aliphatic carboxylic acids is 1. The van der Waals surface area contributed by atoms with Crippen molar-refractivity contribution in [1.29, 1.82) is 5.41 Å². The van der Waals surface area contributed by atoms with Crippen molar-refractivity contribution in [3.05, 3.63) is 99.7 Å². The van der Waals surface area contributed by atoms with Crippen LogP contribution in [-0.4, -0.2) is 66.2 Å². The SMILES string of the molecule is CC(=O)O.COCCOc1ccc(C(Cc2ccc(C(=N)N)cc2)c2nn(-c3ccccc3OC)c(=O)[nH]2)cc1OC. The number of rotatable bonds is 12. The largest absolute Gasteiger partial charge is 0.494 e. The maximum absolute atomic E-state index is 13.0. The molecule has 0 aliphatic rings. The van der Waals surface area contributed by atoms with Crippen LogP contribution in [0.2, 0.25) is 0 Å². The Bertz CT molecular complexity index is 1540. The van der Waals surface area contributed by atoms with Gasteiger partial charge in [0, 0.05) is 25.5 Å². The van der Waals surface area contributed by atoms with Gasteiger partial charge in [0.2, 0.25) is 0 Å². The number of benzene rings is 3. The molecule has 4 rings (SSSR count). The van der Waals surface area contributed by atoms with Crippen LogP contribution in [0.1, 0.15) is 35.4 Å². The topological polar surface area (TPSA) is 175 Å². The molecule has 12 nitrogen and oxygen atoms in total. The number of aromatic nitrogens is 3. The zero-order chi connectivity index (χ0) is 30.6. The van der Waals surface area contributed by atoms with Crippen molar-refractivity contribution in [3.8, 4) is 22.9 Å². The van der Waals surface area contributed by atoms with Gasteiger partial charge in [0.15, 0.2) is 11.5 Å². The molecule has 42 heavy (non-hydrogen) atoms. The van der Waals surface area contributed by atoms with Gasteiger partial charge >= 0.3 is 5.69 Å². The van der Waals surface area contributed by atoms with E-state index in [1.807, 2.05) is 42.5 Å². The summed E-state index contributed by atoms with van der Waals surface area (Å²) in [7, 11) is 4.74. The molecule has 1 heterocycles. The van der Waals surface area contributed by atoms with Gasteiger partial charge in [-0.2, -0.15) is 4.68 Å². The number of methoxy groups -OCH3 is 3. The second-order valence-electron chi connectivity index (χ2n) is 9.04. The Morgan fingerprint density at radius 3 is 2.29 bits per heavy atom. The second-order valence-corrected chi connectivity index (χ2v) is 9.04. The molecule has 0 aliphatic heterocycles. The third-order valence-corrected chi connectivity index (χ3v) is 6.12. The number of nitrogens with two attached hydrogens (primary N) is 1. The molecule has 0 fully saturated rings. The number of ether oxygens (including phenoxy) is 4. The van der Waals surface area contributed by atoms with Gasteiger partial charge < -0.3 is 29.8 Å². The minimum atomic E-state index is -0.833. The fraction of sp³-hybridized carbons (Fsp3) is 0.267. The Hall–Kier alpha value is -5.10. The van der Waals surface area contributed by atoms with Crippen LogP contribution in [0.15, 0.2) is 71.5 Å². The summed E-state index contributed by atoms with van der Waals surface area (Å²) in [5, 5.41) is 19.8. The van der Waals surface area contributed by atoms with Gasteiger partial charge in [0.25, 0.3) is 5.97 Å². The summed E-state index contributed by atoms with van der Waals surface area (Å²) < 4.78 is 23.2. The van der Waals surface area contributed by atoms with E-state index in [1.165, 1.54) is 4.68 Å². The lowest BCUT2D eigenvalue weighted by Crippen LogP contribution is -2.16. The van der Waals surface area contributed by atoms with Crippen molar-refractivity contribution in [2.24, 2.45) is 5.73 Å². The highest BCUT2D eigenvalue weighted by Crippen LogP contribution is 2.34. The Morgan fingerprint density at radius 1 is 1.00 bits per heavy atom. The van der Waals surface area contributed by atoms with Crippen LogP contribution in [0.25, 0.3) is 5.69 Å². The molecule has 0 saturated carbocycles. The number of amidine groups is 1. The first kappa shape index (κ1) is 31.4. The van der Waals surface area contributed by atoms with Crippen molar-refractivity contribution in [3.63, 3.8) is 0 Å². The fourth-order valence-corrected chi connectivity index (χ4v) is 4.15. The summed E-state index contributed by atoms with van der Waals surface area (Å²) in [5.41, 5.74) is 8.26. The summed E-state index contributed by atoms with van der Waals surface area (Å²) >= 11 is 0. The number of H-pyrrole nitrogens is 1. The highest BCUT2D eigenvalue weighted by Gasteiger charge is 2.23. The van der Waals surface area contributed by atoms with Crippen LogP contribution in [-0.2, 0) is 16.0 Å². The van der Waals surface area contributed by atoms with Gasteiger partial charge in [-0.1, -0.05) is 42.5 Å². The molecule has 1 unspecified atom stereocenters. The molecule has 12 heteroatoms. The van der Waals surface area contributed by atoms with E-state index in [0.29, 0.717) is 54.0 Å². The summed E-state index contributed by atoms with van der Waals surface area (Å²) in [4.78, 5) is 25.0. The number of carboxylic acids is 1. The molecule has 3 aromatic carbocycles. The molecule has 0 spiro atoms. The Balaban J connectivity index is 0.00000114. The number of nitrogens with one attached hydrogen (secondary N) is 2. The summed E-state index contributed by atoms with van der Waals surface area (Å²) in [6, 6.07) is 20.3. The number of carboxylic acid groups (broad SMARTS) is 1. The number of nitrogens with zero attached hydrogens (tertiary/aromatic N) is 2. The molecule has 222 valence electrons. The maximum atomic E-state index is 13.0. The van der Waals surface area contributed by atoms with Crippen LogP contribution in [0.5, 0.6) is 17.2 Å². The Labute approximate surface area is 243 Å². The molecule has 0 radical (unpaired) electrons. The molecule has 0 aliphatic carbocycles. The Kier molecular flexibility index (Phi) is 11.3. The van der Waals surface area contributed by atoms with Crippen molar-refractivity contribution in [2.45, 2.75) is 19.3 Å². The van der Waals surface area contributed by atoms with Gasteiger partial charge in [-0.25, -0.2) is 4.79 Å². The van der Waals surface area contributed by atoms with E-state index in [4.69, 9.17) is 40.0 Å². The van der Waals surface area contributed by atoms with Gasteiger partial charge in [0.05, 0.1) is 20.8 Å². The third kappa shape index (κ3) is 8.21. The van der Waals surface area contributed by atoms with Crippen LogP contribution >= 0.6 is 0 Å². The lowest BCUT2D eigenvalue weighted by Gasteiger charge is -2.18. The van der Waals surface area contributed by atoms with E-state index in [9.17, 15) is 4.79 Å². The van der Waals surface area contributed by atoms with E-state index in [-0.39, 0.29) is 17.4 Å². The van der Waals surface area contributed by atoms with Crippen molar-refractivity contribution < 1.29 is 28.8 Å². The molecule has 5 N–H and O–H groups in total. The lowest BCUT2D eigenvalue weighted by atomic mass is 9.90. The van der Waals surface area contributed by atoms with E-state index >= 15 is 0 Å². The summed E-state index contributed by atoms with van der Waals surface area (Å²) in [5.74, 6) is 0.994. The minimum absolute atomic E-state index is 0.00165. The number of hydrogen-bond acceptors (Lipinski definition) is 8.